The number of alkyl halides is 1. The molecule has 2 aliphatic carbocycles. The number of rotatable bonds is 3. The number of benzene rings is 1. The molecule has 1 aromatic rings. The lowest BCUT2D eigenvalue weighted by molar-refractivity contribution is 0.317. The van der Waals surface area contributed by atoms with Crippen molar-refractivity contribution in [1.82, 2.24) is 0 Å². The minimum absolute atomic E-state index is 0.133. The largest absolute Gasteiger partial charge is 0.207 e. The second kappa shape index (κ2) is 4.80. The normalized spacial score (nSPS) is 31.8. The van der Waals surface area contributed by atoms with E-state index in [9.17, 15) is 8.78 Å². The lowest BCUT2D eigenvalue weighted by atomic mass is 9.84. The molecule has 4 atom stereocenters. The first-order valence-electron chi connectivity index (χ1n) is 6.72. The van der Waals surface area contributed by atoms with Crippen LogP contribution in [0, 0.1) is 29.4 Å². The Morgan fingerprint density at radius 2 is 1.89 bits per heavy atom. The summed E-state index contributed by atoms with van der Waals surface area (Å²) in [6.45, 7) is 0. The predicted octanol–water partition coefficient (Wildman–Crippen LogP) is 4.55. The van der Waals surface area contributed by atoms with Crippen molar-refractivity contribution in [1.29, 1.82) is 0 Å². The topological polar surface area (TPSA) is 0 Å². The Bertz CT molecular complexity index is 426. The fourth-order valence-electron chi connectivity index (χ4n) is 3.81. The van der Waals surface area contributed by atoms with Crippen molar-refractivity contribution in [3.63, 3.8) is 0 Å². The first kappa shape index (κ1) is 12.4. The Morgan fingerprint density at radius 3 is 2.44 bits per heavy atom. The molecule has 98 valence electrons. The van der Waals surface area contributed by atoms with Crippen molar-refractivity contribution < 1.29 is 8.78 Å². The molecule has 0 radical (unpaired) electrons. The van der Waals surface area contributed by atoms with Crippen LogP contribution >= 0.6 is 11.6 Å². The summed E-state index contributed by atoms with van der Waals surface area (Å²) in [5, 5.41) is -0.133. The van der Waals surface area contributed by atoms with Gasteiger partial charge in [-0.15, -0.1) is 11.6 Å². The zero-order chi connectivity index (χ0) is 12.7. The molecule has 3 heteroatoms. The van der Waals surface area contributed by atoms with E-state index >= 15 is 0 Å². The maximum absolute atomic E-state index is 13.6. The van der Waals surface area contributed by atoms with Crippen molar-refractivity contribution in [2.45, 2.75) is 37.5 Å². The average Bonchev–Trinajstić information content (AvgIpc) is 2.96. The van der Waals surface area contributed by atoms with E-state index in [0.717, 1.165) is 12.3 Å². The zero-order valence-corrected chi connectivity index (χ0v) is 11.0. The molecule has 0 aliphatic heterocycles. The lowest BCUT2D eigenvalue weighted by Crippen LogP contribution is -2.24. The van der Waals surface area contributed by atoms with Gasteiger partial charge in [0.25, 0.3) is 0 Å². The molecule has 3 rings (SSSR count). The Kier molecular flexibility index (Phi) is 3.31. The van der Waals surface area contributed by atoms with Crippen molar-refractivity contribution in [2.24, 2.45) is 17.8 Å². The van der Waals surface area contributed by atoms with Gasteiger partial charge >= 0.3 is 0 Å². The molecule has 0 heterocycles. The van der Waals surface area contributed by atoms with Crippen LogP contribution < -0.4 is 0 Å². The van der Waals surface area contributed by atoms with E-state index in [4.69, 9.17) is 11.6 Å². The third-order valence-electron chi connectivity index (χ3n) is 4.72. The van der Waals surface area contributed by atoms with Crippen molar-refractivity contribution in [3.05, 3.63) is 35.4 Å². The highest BCUT2D eigenvalue weighted by Crippen LogP contribution is 2.51. The second-order valence-electron chi connectivity index (χ2n) is 5.76. The summed E-state index contributed by atoms with van der Waals surface area (Å²) < 4.78 is 27.2. The van der Waals surface area contributed by atoms with Crippen molar-refractivity contribution >= 4 is 11.6 Å². The number of hydrogen-bond donors (Lipinski definition) is 0. The Morgan fingerprint density at radius 1 is 1.17 bits per heavy atom. The number of fused-ring (bicyclic) bond motifs is 2. The van der Waals surface area contributed by atoms with Gasteiger partial charge in [0, 0.05) is 10.9 Å². The maximum atomic E-state index is 13.6. The van der Waals surface area contributed by atoms with Gasteiger partial charge in [-0.2, -0.15) is 0 Å². The molecule has 2 saturated carbocycles. The molecule has 2 aliphatic rings. The van der Waals surface area contributed by atoms with Crippen LogP contribution in [0.2, 0.25) is 0 Å². The van der Waals surface area contributed by atoms with Gasteiger partial charge in [-0.1, -0.05) is 12.5 Å². The molecule has 0 aromatic heterocycles. The number of hydrogen-bond acceptors (Lipinski definition) is 0. The smallest absolute Gasteiger partial charge is 0.129 e. The van der Waals surface area contributed by atoms with E-state index in [-0.39, 0.29) is 10.9 Å². The fraction of sp³-hybridized carbons (Fsp3) is 0.600. The predicted molar refractivity (Wildman–Crippen MR) is 68.6 cm³/mol. The fourth-order valence-corrected chi connectivity index (χ4v) is 4.27. The minimum atomic E-state index is -0.469. The molecule has 4 unspecified atom stereocenters. The average molecular weight is 271 g/mol. The van der Waals surface area contributed by atoms with Crippen LogP contribution in [0.4, 0.5) is 8.78 Å². The molecule has 18 heavy (non-hydrogen) atoms. The van der Waals surface area contributed by atoms with E-state index in [0.29, 0.717) is 18.3 Å². The maximum Gasteiger partial charge on any atom is 0.129 e. The molecular weight excluding hydrogens is 254 g/mol. The molecule has 0 spiro atoms. The van der Waals surface area contributed by atoms with Gasteiger partial charge in [-0.05, 0) is 55.6 Å². The number of halogens is 3. The van der Waals surface area contributed by atoms with Crippen LogP contribution in [0.25, 0.3) is 0 Å². The third kappa shape index (κ3) is 2.16. The van der Waals surface area contributed by atoms with Gasteiger partial charge in [-0.25, -0.2) is 8.78 Å². The molecule has 0 amide bonds. The van der Waals surface area contributed by atoms with Gasteiger partial charge in [0.1, 0.15) is 11.6 Å². The second-order valence-corrected chi connectivity index (χ2v) is 6.32. The van der Waals surface area contributed by atoms with E-state index < -0.39 is 11.6 Å². The van der Waals surface area contributed by atoms with E-state index in [1.807, 2.05) is 0 Å². The summed E-state index contributed by atoms with van der Waals surface area (Å²) in [7, 11) is 0. The van der Waals surface area contributed by atoms with Crippen LogP contribution in [0.3, 0.4) is 0 Å². The molecule has 0 saturated heterocycles. The molecule has 0 N–H and O–H groups in total. The monoisotopic (exact) mass is 270 g/mol. The van der Waals surface area contributed by atoms with Gasteiger partial charge in [-0.3, -0.25) is 0 Å². The van der Waals surface area contributed by atoms with E-state index in [1.165, 1.54) is 37.5 Å². The van der Waals surface area contributed by atoms with Gasteiger partial charge < -0.3 is 0 Å². The summed E-state index contributed by atoms with van der Waals surface area (Å²) in [5.41, 5.74) is 0.153. The Balaban J connectivity index is 1.73. The highest BCUT2D eigenvalue weighted by atomic mass is 35.5. The van der Waals surface area contributed by atoms with Crippen LogP contribution in [0.5, 0.6) is 0 Å². The van der Waals surface area contributed by atoms with Crippen LogP contribution in [0.1, 0.15) is 31.2 Å². The highest BCUT2D eigenvalue weighted by Gasteiger charge is 2.42. The summed E-state index contributed by atoms with van der Waals surface area (Å²) in [6.07, 6.45) is 5.30. The SMILES string of the molecule is Fc1cccc(F)c1CC(Cl)C1CC2CCC1C2. The van der Waals surface area contributed by atoms with Crippen molar-refractivity contribution in [2.75, 3.05) is 0 Å². The van der Waals surface area contributed by atoms with Gasteiger partial charge in [0.2, 0.25) is 0 Å². The first-order valence-corrected chi connectivity index (χ1v) is 7.15. The Labute approximate surface area is 111 Å². The summed E-state index contributed by atoms with van der Waals surface area (Å²) in [5.74, 6) is 1.01. The standard InChI is InChI=1S/C15H17ClF2/c16-13(11-7-9-4-5-10(11)6-9)8-12-14(17)2-1-3-15(12)18/h1-3,9-11,13H,4-8H2. The molecule has 2 fully saturated rings. The molecule has 2 bridgehead atoms. The van der Waals surface area contributed by atoms with Crippen LogP contribution in [0.15, 0.2) is 18.2 Å². The van der Waals surface area contributed by atoms with Crippen LogP contribution in [-0.4, -0.2) is 5.38 Å². The zero-order valence-electron chi connectivity index (χ0n) is 10.2. The van der Waals surface area contributed by atoms with E-state index in [2.05, 4.69) is 0 Å². The molecule has 0 nitrogen and oxygen atoms in total. The van der Waals surface area contributed by atoms with E-state index in [1.54, 1.807) is 0 Å². The summed E-state index contributed by atoms with van der Waals surface area (Å²) >= 11 is 6.43. The first-order chi connectivity index (χ1) is 8.65. The minimum Gasteiger partial charge on any atom is -0.207 e. The van der Waals surface area contributed by atoms with Gasteiger partial charge in [0.05, 0.1) is 0 Å². The quantitative estimate of drug-likeness (QED) is 0.707. The van der Waals surface area contributed by atoms with Crippen molar-refractivity contribution in [3.8, 4) is 0 Å². The third-order valence-corrected chi connectivity index (χ3v) is 5.20. The lowest BCUT2D eigenvalue weighted by Gasteiger charge is -2.26. The summed E-state index contributed by atoms with van der Waals surface area (Å²) in [4.78, 5) is 0. The van der Waals surface area contributed by atoms with Gasteiger partial charge in [0.15, 0.2) is 0 Å². The Hall–Kier alpha value is -0.630. The van der Waals surface area contributed by atoms with Crippen LogP contribution in [-0.2, 0) is 6.42 Å². The highest BCUT2D eigenvalue weighted by molar-refractivity contribution is 6.21. The molecular formula is C15H17ClF2. The summed E-state index contributed by atoms with van der Waals surface area (Å²) in [6, 6.07) is 4.01. The molecule has 1 aromatic carbocycles.